The van der Waals surface area contributed by atoms with Gasteiger partial charge in [-0.2, -0.15) is 0 Å². The zero-order valence-corrected chi connectivity index (χ0v) is 13.3. The lowest BCUT2D eigenvalue weighted by atomic mass is 10.2. The predicted molar refractivity (Wildman–Crippen MR) is 88.8 cm³/mol. The molecule has 5 nitrogen and oxygen atoms in total. The number of aromatic nitrogens is 2. The summed E-state index contributed by atoms with van der Waals surface area (Å²) in [6.07, 6.45) is 1.54. The molecule has 0 N–H and O–H groups in total. The number of hydrogen-bond donors (Lipinski definition) is 0. The van der Waals surface area contributed by atoms with Crippen molar-refractivity contribution in [3.8, 4) is 5.75 Å². The van der Waals surface area contributed by atoms with E-state index in [-0.39, 0.29) is 12.6 Å². The molecule has 7 heteroatoms. The molecule has 0 unspecified atom stereocenters. The number of benzene rings is 2. The summed E-state index contributed by atoms with van der Waals surface area (Å²) >= 11 is 11.9. The number of nitrogens with zero attached hydrogens (tertiary/aromatic N) is 3. The van der Waals surface area contributed by atoms with Crippen LogP contribution in [0.3, 0.4) is 0 Å². The highest BCUT2D eigenvalue weighted by Crippen LogP contribution is 2.20. The Kier molecular flexibility index (Phi) is 4.90. The van der Waals surface area contributed by atoms with Crippen LogP contribution in [0, 0.1) is 0 Å². The molecule has 0 aliphatic carbocycles. The first-order valence-corrected chi connectivity index (χ1v) is 7.45. The van der Waals surface area contributed by atoms with Gasteiger partial charge in [0.15, 0.2) is 6.61 Å². The second kappa shape index (κ2) is 7.26. The molecule has 1 heterocycles. The first-order valence-electron chi connectivity index (χ1n) is 6.70. The summed E-state index contributed by atoms with van der Waals surface area (Å²) in [6, 6.07) is 14.6. The van der Waals surface area contributed by atoms with Crippen LogP contribution in [0.1, 0.15) is 11.5 Å². The minimum Gasteiger partial charge on any atom is -0.484 e. The summed E-state index contributed by atoms with van der Waals surface area (Å²) in [4.78, 5) is 4.09. The number of aliphatic imine (C=N–C) groups is 1. The average molecular weight is 348 g/mol. The van der Waals surface area contributed by atoms with Crippen LogP contribution in [-0.4, -0.2) is 16.4 Å². The lowest BCUT2D eigenvalue weighted by molar-refractivity contribution is 0.264. The highest BCUT2D eigenvalue weighted by Gasteiger charge is 2.06. The molecular weight excluding hydrogens is 337 g/mol. The topological polar surface area (TPSA) is 60.5 Å². The molecule has 0 saturated carbocycles. The molecule has 0 aliphatic heterocycles. The van der Waals surface area contributed by atoms with Crippen molar-refractivity contribution < 1.29 is 9.15 Å². The summed E-state index contributed by atoms with van der Waals surface area (Å²) in [5, 5.41) is 8.75. The van der Waals surface area contributed by atoms with E-state index in [4.69, 9.17) is 32.4 Å². The molecule has 3 aromatic rings. The summed E-state index contributed by atoms with van der Waals surface area (Å²) < 4.78 is 10.9. The molecule has 0 bridgehead atoms. The number of rotatable bonds is 5. The lowest BCUT2D eigenvalue weighted by Gasteiger charge is -2.01. The monoisotopic (exact) mass is 347 g/mol. The molecule has 3 rings (SSSR count). The Bertz CT molecular complexity index is 819. The van der Waals surface area contributed by atoms with E-state index >= 15 is 0 Å². The zero-order chi connectivity index (χ0) is 16.1. The summed E-state index contributed by atoms with van der Waals surface area (Å²) in [5.41, 5.74) is 0.705. The quantitative estimate of drug-likeness (QED) is 0.627. The molecule has 1 aromatic heterocycles. The molecule has 116 valence electrons. The van der Waals surface area contributed by atoms with Gasteiger partial charge in [0.05, 0.1) is 5.02 Å². The molecule has 0 amide bonds. The minimum atomic E-state index is 0.127. The molecule has 0 atom stereocenters. The Labute approximate surface area is 142 Å². The molecule has 0 spiro atoms. The summed E-state index contributed by atoms with van der Waals surface area (Å²) in [6.45, 7) is 0.175. The number of para-hydroxylation sites is 1. The maximum Gasteiger partial charge on any atom is 0.342 e. The highest BCUT2D eigenvalue weighted by atomic mass is 35.5. The van der Waals surface area contributed by atoms with Crippen molar-refractivity contribution in [2.24, 2.45) is 4.99 Å². The van der Waals surface area contributed by atoms with Crippen LogP contribution in [0.15, 0.2) is 57.9 Å². The van der Waals surface area contributed by atoms with Gasteiger partial charge in [-0.3, -0.25) is 0 Å². The van der Waals surface area contributed by atoms with Crippen molar-refractivity contribution >= 4 is 35.4 Å². The fraction of sp³-hybridized carbons (Fsp3) is 0.0625. The fourth-order valence-corrected chi connectivity index (χ4v) is 2.21. The van der Waals surface area contributed by atoms with E-state index in [1.165, 1.54) is 6.21 Å². The van der Waals surface area contributed by atoms with Gasteiger partial charge in [0, 0.05) is 16.8 Å². The maximum atomic E-state index is 6.06. The Balaban J connectivity index is 1.64. The third-order valence-corrected chi connectivity index (χ3v) is 3.40. The first-order chi connectivity index (χ1) is 11.2. The van der Waals surface area contributed by atoms with Gasteiger partial charge >= 0.3 is 6.01 Å². The Morgan fingerprint density at radius 3 is 2.70 bits per heavy atom. The fourth-order valence-electron chi connectivity index (χ4n) is 1.75. The average Bonchev–Trinajstić information content (AvgIpc) is 3.01. The van der Waals surface area contributed by atoms with E-state index in [1.807, 2.05) is 30.3 Å². The molecule has 23 heavy (non-hydrogen) atoms. The van der Waals surface area contributed by atoms with E-state index in [9.17, 15) is 0 Å². The number of hydrogen-bond acceptors (Lipinski definition) is 5. The molecule has 0 aliphatic rings. The van der Waals surface area contributed by atoms with Crippen LogP contribution >= 0.6 is 23.2 Å². The lowest BCUT2D eigenvalue weighted by Crippen LogP contribution is -1.95. The Hall–Kier alpha value is -2.37. The van der Waals surface area contributed by atoms with Crippen LogP contribution in [0.5, 0.6) is 5.75 Å². The van der Waals surface area contributed by atoms with E-state index in [1.54, 1.807) is 18.2 Å². The smallest absolute Gasteiger partial charge is 0.342 e. The second-order valence-electron chi connectivity index (χ2n) is 4.50. The molecule has 0 radical (unpaired) electrons. The van der Waals surface area contributed by atoms with E-state index < -0.39 is 0 Å². The molecule has 2 aromatic carbocycles. The standard InChI is InChI=1S/C16H11Cl2N3O2/c17-12-7-6-11(14(18)8-12)9-19-16-21-20-15(23-16)10-22-13-4-2-1-3-5-13/h1-9H,10H2. The van der Waals surface area contributed by atoms with Crippen LogP contribution in [0.25, 0.3) is 0 Å². The van der Waals surface area contributed by atoms with Crippen molar-refractivity contribution in [1.82, 2.24) is 10.2 Å². The van der Waals surface area contributed by atoms with Gasteiger partial charge in [-0.1, -0.05) is 52.6 Å². The van der Waals surface area contributed by atoms with Crippen molar-refractivity contribution in [2.75, 3.05) is 0 Å². The molecule has 0 saturated heterocycles. The Morgan fingerprint density at radius 1 is 1.09 bits per heavy atom. The van der Waals surface area contributed by atoms with Crippen LogP contribution < -0.4 is 4.74 Å². The SMILES string of the molecule is Clc1ccc(C=Nc2nnc(COc3ccccc3)o2)c(Cl)c1. The maximum absolute atomic E-state index is 6.06. The van der Waals surface area contributed by atoms with E-state index in [2.05, 4.69) is 15.2 Å². The van der Waals surface area contributed by atoms with E-state index in [0.29, 0.717) is 21.5 Å². The van der Waals surface area contributed by atoms with Crippen molar-refractivity contribution in [3.05, 3.63) is 70.0 Å². The van der Waals surface area contributed by atoms with Gasteiger partial charge in [0.25, 0.3) is 5.89 Å². The van der Waals surface area contributed by atoms with Crippen LogP contribution in [0.2, 0.25) is 10.0 Å². The molecule has 0 fully saturated rings. The van der Waals surface area contributed by atoms with Crippen LogP contribution in [-0.2, 0) is 6.61 Å². The predicted octanol–water partition coefficient (Wildman–Crippen LogP) is 4.71. The molecular formula is C16H11Cl2N3O2. The van der Waals surface area contributed by atoms with Gasteiger partial charge in [-0.05, 0) is 24.3 Å². The van der Waals surface area contributed by atoms with Gasteiger partial charge in [0.1, 0.15) is 5.75 Å². The summed E-state index contributed by atoms with van der Waals surface area (Å²) in [5.74, 6) is 1.06. The van der Waals surface area contributed by atoms with Gasteiger partial charge in [-0.25, -0.2) is 4.99 Å². The summed E-state index contributed by atoms with van der Waals surface area (Å²) in [7, 11) is 0. The third kappa shape index (κ3) is 4.31. The third-order valence-electron chi connectivity index (χ3n) is 2.84. The second-order valence-corrected chi connectivity index (χ2v) is 5.35. The van der Waals surface area contributed by atoms with E-state index in [0.717, 1.165) is 5.75 Å². The van der Waals surface area contributed by atoms with Gasteiger partial charge < -0.3 is 9.15 Å². The normalized spacial score (nSPS) is 11.0. The highest BCUT2D eigenvalue weighted by molar-refractivity contribution is 6.36. The van der Waals surface area contributed by atoms with Crippen molar-refractivity contribution in [1.29, 1.82) is 0 Å². The van der Waals surface area contributed by atoms with Crippen molar-refractivity contribution in [2.45, 2.75) is 6.61 Å². The van der Waals surface area contributed by atoms with Crippen molar-refractivity contribution in [3.63, 3.8) is 0 Å². The first kappa shape index (κ1) is 15.5. The minimum absolute atomic E-state index is 0.127. The van der Waals surface area contributed by atoms with Crippen LogP contribution in [0.4, 0.5) is 6.01 Å². The largest absolute Gasteiger partial charge is 0.484 e. The van der Waals surface area contributed by atoms with Gasteiger partial charge in [0.2, 0.25) is 0 Å². The number of ether oxygens (including phenoxy) is 1. The zero-order valence-electron chi connectivity index (χ0n) is 11.8. The van der Waals surface area contributed by atoms with Gasteiger partial charge in [-0.15, -0.1) is 5.10 Å². The Morgan fingerprint density at radius 2 is 1.91 bits per heavy atom. The number of halogens is 2.